The number of aromatic nitrogens is 1. The lowest BCUT2D eigenvalue weighted by Gasteiger charge is -2.36. The summed E-state index contributed by atoms with van der Waals surface area (Å²) in [5, 5.41) is 6.52. The summed E-state index contributed by atoms with van der Waals surface area (Å²) in [6, 6.07) is 5.79. The van der Waals surface area contributed by atoms with Crippen LogP contribution in [0.4, 0.5) is 4.79 Å². The Bertz CT molecular complexity index is 1540. The van der Waals surface area contributed by atoms with Crippen LogP contribution in [0.3, 0.4) is 0 Å². The zero-order valence-electron chi connectivity index (χ0n) is 29.4. The van der Waals surface area contributed by atoms with Gasteiger partial charge >= 0.3 is 6.09 Å². The number of nitrogens with zero attached hydrogens (tertiary/aromatic N) is 4. The number of methoxy groups -OCH3 is 1. The molecule has 5 amide bonds. The molecule has 2 saturated heterocycles. The fourth-order valence-corrected chi connectivity index (χ4v) is 6.40. The number of fused-ring (bicyclic) bond motifs is 1. The lowest BCUT2D eigenvalue weighted by atomic mass is 9.93. The molecule has 272 valence electrons. The lowest BCUT2D eigenvalue weighted by Crippen LogP contribution is -2.56. The van der Waals surface area contributed by atoms with Crippen LogP contribution in [0.15, 0.2) is 24.3 Å². The van der Waals surface area contributed by atoms with E-state index in [9.17, 15) is 24.0 Å². The van der Waals surface area contributed by atoms with Crippen molar-refractivity contribution in [3.63, 3.8) is 0 Å². The van der Waals surface area contributed by atoms with Gasteiger partial charge in [-0.05, 0) is 69.6 Å². The Morgan fingerprint density at radius 3 is 2.42 bits per heavy atom. The monoisotopic (exact) mass is 694 g/mol. The smallest absolute Gasteiger partial charge is 0.409 e. The maximum absolute atomic E-state index is 13.7. The number of benzene rings is 1. The van der Waals surface area contributed by atoms with Gasteiger partial charge in [0.25, 0.3) is 11.8 Å². The molecule has 50 heavy (non-hydrogen) atoms. The first-order valence-corrected chi connectivity index (χ1v) is 17.8. The highest BCUT2D eigenvalue weighted by Gasteiger charge is 2.36. The van der Waals surface area contributed by atoms with Gasteiger partial charge in [-0.15, -0.1) is 0 Å². The van der Waals surface area contributed by atoms with E-state index in [1.54, 1.807) is 14.7 Å². The summed E-state index contributed by atoms with van der Waals surface area (Å²) >= 11 is 0. The summed E-state index contributed by atoms with van der Waals surface area (Å²) in [7, 11) is 1.52. The van der Waals surface area contributed by atoms with Gasteiger partial charge in [0, 0.05) is 63.9 Å². The Labute approximate surface area is 293 Å². The third-order valence-corrected chi connectivity index (χ3v) is 9.63. The predicted molar refractivity (Wildman–Crippen MR) is 185 cm³/mol. The van der Waals surface area contributed by atoms with E-state index in [1.807, 2.05) is 32.0 Å². The fourth-order valence-electron chi connectivity index (χ4n) is 6.40. The number of unbranched alkanes of at least 4 members (excludes halogenated alkanes) is 1. The highest BCUT2D eigenvalue weighted by molar-refractivity contribution is 5.99. The first kappa shape index (κ1) is 36.8. The third kappa shape index (κ3) is 9.20. The first-order valence-electron chi connectivity index (χ1n) is 17.8. The molecular formula is C36H50N6O8. The van der Waals surface area contributed by atoms with Crippen molar-refractivity contribution < 1.29 is 38.2 Å². The number of ether oxygens (including phenoxy) is 3. The van der Waals surface area contributed by atoms with Crippen LogP contribution in [0, 0.1) is 6.92 Å². The van der Waals surface area contributed by atoms with E-state index in [2.05, 4.69) is 15.6 Å². The Hall–Kier alpha value is -4.46. The molecule has 0 bridgehead atoms. The number of likely N-dealkylation sites (tertiary alicyclic amines) is 1. The molecule has 14 nitrogen and oxygen atoms in total. The van der Waals surface area contributed by atoms with Crippen molar-refractivity contribution in [2.45, 2.75) is 83.3 Å². The molecule has 1 aromatic carbocycles. The van der Waals surface area contributed by atoms with Crippen LogP contribution < -0.4 is 15.4 Å². The minimum absolute atomic E-state index is 0.0272. The number of hydrogen-bond donors (Lipinski definition) is 2. The van der Waals surface area contributed by atoms with E-state index in [-0.39, 0.29) is 55.2 Å². The molecule has 5 rings (SSSR count). The summed E-state index contributed by atoms with van der Waals surface area (Å²) < 4.78 is 16.6. The average Bonchev–Trinajstić information content (AvgIpc) is 3.60. The van der Waals surface area contributed by atoms with Crippen molar-refractivity contribution in [1.82, 2.24) is 30.3 Å². The number of nitrogens with one attached hydrogen (secondary N) is 2. The topological polar surface area (TPSA) is 160 Å². The van der Waals surface area contributed by atoms with Gasteiger partial charge < -0.3 is 39.5 Å². The second-order valence-corrected chi connectivity index (χ2v) is 13.3. The standard InChI is InChI=1S/C36H50N6O8/c1-4-5-19-49-36(47)41-17-15-40(16-18-41)35(46)27(13-20-48-3)39-33(44)29-22-31(26-12-11-24(2)21-28(26)38-29)50-23-32(43)42-14-7-10-30(42)34(45)37-25-8-6-9-25/h11-12,21-22,25,27,30H,4-10,13-20,23H2,1-3H3,(H,37,45)(H,39,44). The minimum atomic E-state index is -0.898. The maximum atomic E-state index is 13.7. The first-order chi connectivity index (χ1) is 24.2. The molecule has 2 aromatic rings. The van der Waals surface area contributed by atoms with Crippen LogP contribution >= 0.6 is 0 Å². The zero-order chi connectivity index (χ0) is 35.6. The molecule has 3 heterocycles. The Morgan fingerprint density at radius 2 is 1.72 bits per heavy atom. The molecule has 3 aliphatic rings. The Kier molecular flexibility index (Phi) is 12.9. The van der Waals surface area contributed by atoms with E-state index in [1.165, 1.54) is 13.2 Å². The van der Waals surface area contributed by atoms with Crippen LogP contribution in [-0.4, -0.2) is 127 Å². The number of pyridine rings is 1. The van der Waals surface area contributed by atoms with Crippen molar-refractivity contribution in [2.75, 3.05) is 59.7 Å². The number of amides is 5. The quantitative estimate of drug-likeness (QED) is 0.284. The number of piperazine rings is 1. The molecule has 2 N–H and O–H groups in total. The van der Waals surface area contributed by atoms with Gasteiger partial charge in [0.05, 0.1) is 12.1 Å². The van der Waals surface area contributed by atoms with Crippen LogP contribution in [0.5, 0.6) is 5.75 Å². The second kappa shape index (κ2) is 17.5. The van der Waals surface area contributed by atoms with E-state index in [0.717, 1.165) is 44.1 Å². The maximum Gasteiger partial charge on any atom is 0.409 e. The van der Waals surface area contributed by atoms with Crippen molar-refractivity contribution in [1.29, 1.82) is 0 Å². The SMILES string of the molecule is CCCCOC(=O)N1CCN(C(=O)C(CCOC)NC(=O)c2cc(OCC(=O)N3CCCC3C(=O)NC3CCC3)c3ccc(C)cc3n2)CC1. The summed E-state index contributed by atoms with van der Waals surface area (Å²) in [6.45, 7) is 5.96. The van der Waals surface area contributed by atoms with Crippen LogP contribution in [0.2, 0.25) is 0 Å². The van der Waals surface area contributed by atoms with Gasteiger partial charge in [0.15, 0.2) is 6.61 Å². The van der Waals surface area contributed by atoms with Gasteiger partial charge in [0.2, 0.25) is 11.8 Å². The van der Waals surface area contributed by atoms with E-state index in [0.29, 0.717) is 62.4 Å². The van der Waals surface area contributed by atoms with E-state index >= 15 is 0 Å². The van der Waals surface area contributed by atoms with E-state index < -0.39 is 18.0 Å². The highest BCUT2D eigenvalue weighted by atomic mass is 16.6. The van der Waals surface area contributed by atoms with Gasteiger partial charge in [-0.3, -0.25) is 19.2 Å². The van der Waals surface area contributed by atoms with Crippen LogP contribution in [0.25, 0.3) is 10.9 Å². The molecule has 1 aliphatic carbocycles. The minimum Gasteiger partial charge on any atom is -0.483 e. The normalized spacial score (nSPS) is 18.4. The number of rotatable bonds is 14. The number of aryl methyl sites for hydroxylation is 1. The van der Waals surface area contributed by atoms with Gasteiger partial charge in [-0.1, -0.05) is 19.4 Å². The molecule has 0 radical (unpaired) electrons. The molecule has 2 atom stereocenters. The summed E-state index contributed by atoms with van der Waals surface area (Å²) in [6.07, 6.45) is 5.95. The highest BCUT2D eigenvalue weighted by Crippen LogP contribution is 2.28. The van der Waals surface area contributed by atoms with Gasteiger partial charge in [-0.25, -0.2) is 9.78 Å². The van der Waals surface area contributed by atoms with Gasteiger partial charge in [0.1, 0.15) is 23.5 Å². The molecule has 1 saturated carbocycles. The molecule has 1 aromatic heterocycles. The number of hydrogen-bond acceptors (Lipinski definition) is 9. The van der Waals surface area contributed by atoms with Crippen molar-refractivity contribution >= 4 is 40.6 Å². The van der Waals surface area contributed by atoms with Crippen molar-refractivity contribution in [3.8, 4) is 5.75 Å². The molecular weight excluding hydrogens is 644 g/mol. The van der Waals surface area contributed by atoms with Crippen LogP contribution in [-0.2, 0) is 23.9 Å². The van der Waals surface area contributed by atoms with Crippen LogP contribution in [0.1, 0.15) is 74.3 Å². The Morgan fingerprint density at radius 1 is 0.960 bits per heavy atom. The molecule has 3 fully saturated rings. The average molecular weight is 695 g/mol. The molecule has 2 aliphatic heterocycles. The van der Waals surface area contributed by atoms with E-state index in [4.69, 9.17) is 14.2 Å². The third-order valence-electron chi connectivity index (χ3n) is 9.63. The molecule has 14 heteroatoms. The number of carbonyl (C=O) groups is 5. The van der Waals surface area contributed by atoms with Gasteiger partial charge in [-0.2, -0.15) is 0 Å². The lowest BCUT2D eigenvalue weighted by molar-refractivity contribution is -0.140. The van der Waals surface area contributed by atoms with Crippen molar-refractivity contribution in [3.05, 3.63) is 35.5 Å². The summed E-state index contributed by atoms with van der Waals surface area (Å²) in [5.41, 5.74) is 1.45. The fraction of sp³-hybridized carbons (Fsp3) is 0.611. The Balaban J connectivity index is 1.25. The summed E-state index contributed by atoms with van der Waals surface area (Å²) in [5.74, 6) is -0.989. The summed E-state index contributed by atoms with van der Waals surface area (Å²) in [4.78, 5) is 75.4. The number of carbonyl (C=O) groups excluding carboxylic acids is 5. The van der Waals surface area contributed by atoms with Crippen molar-refractivity contribution in [2.24, 2.45) is 0 Å². The molecule has 2 unspecified atom stereocenters. The predicted octanol–water partition coefficient (Wildman–Crippen LogP) is 2.80. The second-order valence-electron chi connectivity index (χ2n) is 13.3. The zero-order valence-corrected chi connectivity index (χ0v) is 29.4. The largest absolute Gasteiger partial charge is 0.483 e. The molecule has 0 spiro atoms.